The van der Waals surface area contributed by atoms with Crippen molar-refractivity contribution in [2.75, 3.05) is 19.0 Å². The smallest absolute Gasteiger partial charge is 0.350 e. The molecule has 0 radical (unpaired) electrons. The van der Waals surface area contributed by atoms with Gasteiger partial charge in [0.15, 0.2) is 0 Å². The van der Waals surface area contributed by atoms with Crippen molar-refractivity contribution in [2.24, 2.45) is 0 Å². The number of aromatic nitrogens is 4. The van der Waals surface area contributed by atoms with Gasteiger partial charge >= 0.3 is 5.69 Å². The number of benzene rings is 1. The minimum Gasteiger partial charge on any atom is -0.372 e. The van der Waals surface area contributed by atoms with Crippen LogP contribution in [0.1, 0.15) is 30.0 Å². The van der Waals surface area contributed by atoms with Crippen LogP contribution in [0.4, 0.5) is 5.82 Å². The molecule has 0 bridgehead atoms. The predicted molar refractivity (Wildman–Crippen MR) is 123 cm³/mol. The van der Waals surface area contributed by atoms with E-state index in [2.05, 4.69) is 53.1 Å². The summed E-state index contributed by atoms with van der Waals surface area (Å²) in [5, 5.41) is 4.01. The second-order valence-corrected chi connectivity index (χ2v) is 15.0. The van der Waals surface area contributed by atoms with Gasteiger partial charge in [-0.25, -0.2) is 9.78 Å². The zero-order valence-corrected chi connectivity index (χ0v) is 19.3. The standard InChI is InChI=1S/C22H31N5O2Si/c1-23-21-19-8-7-17(16-5-6-16)11-20(19)27(22(28)25-21)13-18-12-26(14-24-18)15-29-9-10-30(2,3)4/h7-8,11-12,14,16H,5-6,9-10,13,15H2,1-4H3,(H,23,25,28). The summed E-state index contributed by atoms with van der Waals surface area (Å²) < 4.78 is 9.45. The zero-order chi connectivity index (χ0) is 21.3. The summed E-state index contributed by atoms with van der Waals surface area (Å²) in [5.74, 6) is 1.24. The summed E-state index contributed by atoms with van der Waals surface area (Å²) in [7, 11) is 0.706. The first-order chi connectivity index (χ1) is 14.3. The number of fused-ring (bicyclic) bond motifs is 1. The van der Waals surface area contributed by atoms with Crippen molar-refractivity contribution < 1.29 is 4.74 Å². The van der Waals surface area contributed by atoms with E-state index >= 15 is 0 Å². The fourth-order valence-electron chi connectivity index (χ4n) is 3.57. The van der Waals surface area contributed by atoms with Crippen LogP contribution in [0.15, 0.2) is 35.5 Å². The van der Waals surface area contributed by atoms with Crippen molar-refractivity contribution in [3.05, 3.63) is 52.5 Å². The molecule has 8 heteroatoms. The van der Waals surface area contributed by atoms with Gasteiger partial charge in [-0.15, -0.1) is 0 Å². The van der Waals surface area contributed by atoms with Gasteiger partial charge < -0.3 is 14.6 Å². The first-order valence-corrected chi connectivity index (χ1v) is 14.4. The van der Waals surface area contributed by atoms with Crippen LogP contribution in [0.5, 0.6) is 0 Å². The average molecular weight is 426 g/mol. The van der Waals surface area contributed by atoms with Crippen LogP contribution in [0.3, 0.4) is 0 Å². The maximum absolute atomic E-state index is 12.8. The summed E-state index contributed by atoms with van der Waals surface area (Å²) in [6, 6.07) is 7.52. The monoisotopic (exact) mass is 425 g/mol. The molecular weight excluding hydrogens is 394 g/mol. The van der Waals surface area contributed by atoms with Gasteiger partial charge in [0, 0.05) is 33.3 Å². The van der Waals surface area contributed by atoms with Crippen LogP contribution in [-0.2, 0) is 18.0 Å². The number of hydrogen-bond donors (Lipinski definition) is 1. The molecule has 160 valence electrons. The molecule has 1 aliphatic rings. The third-order valence-electron chi connectivity index (χ3n) is 5.54. The lowest BCUT2D eigenvalue weighted by Gasteiger charge is -2.15. The van der Waals surface area contributed by atoms with Gasteiger partial charge in [-0.2, -0.15) is 4.98 Å². The molecule has 1 saturated carbocycles. The Morgan fingerprint density at radius 2 is 2.07 bits per heavy atom. The molecule has 0 spiro atoms. The van der Waals surface area contributed by atoms with E-state index in [1.807, 2.05) is 10.8 Å². The molecule has 1 aromatic carbocycles. The van der Waals surface area contributed by atoms with Crippen LogP contribution >= 0.6 is 0 Å². The Bertz CT molecular complexity index is 1100. The maximum Gasteiger partial charge on any atom is 0.350 e. The molecule has 2 aromatic heterocycles. The molecular formula is C22H31N5O2Si. The number of nitrogens with zero attached hydrogens (tertiary/aromatic N) is 4. The number of rotatable bonds is 9. The zero-order valence-electron chi connectivity index (χ0n) is 18.3. The fraction of sp³-hybridized carbons (Fsp3) is 0.500. The first-order valence-electron chi connectivity index (χ1n) is 10.6. The minimum absolute atomic E-state index is 0.263. The Kier molecular flexibility index (Phi) is 5.79. The molecule has 30 heavy (non-hydrogen) atoms. The molecule has 4 rings (SSSR count). The molecule has 1 fully saturated rings. The van der Waals surface area contributed by atoms with E-state index in [1.165, 1.54) is 18.4 Å². The minimum atomic E-state index is -1.09. The van der Waals surface area contributed by atoms with Crippen molar-refractivity contribution in [2.45, 2.75) is 57.7 Å². The SMILES string of the molecule is CNc1nc(=O)n(Cc2cn(COCC[Si](C)(C)C)cn2)c2cc(C3CC3)ccc12. The summed E-state index contributed by atoms with van der Waals surface area (Å²) in [6.45, 7) is 8.67. The quantitative estimate of drug-likeness (QED) is 0.416. The van der Waals surface area contributed by atoms with Crippen molar-refractivity contribution in [1.82, 2.24) is 19.1 Å². The highest BCUT2D eigenvalue weighted by atomic mass is 28.3. The number of imidazole rings is 1. The average Bonchev–Trinajstić information content (AvgIpc) is 3.46. The number of anilines is 1. The Morgan fingerprint density at radius 1 is 1.27 bits per heavy atom. The first kappa shape index (κ1) is 20.8. The third kappa shape index (κ3) is 4.81. The van der Waals surface area contributed by atoms with E-state index in [9.17, 15) is 4.79 Å². The molecule has 7 nitrogen and oxygen atoms in total. The van der Waals surface area contributed by atoms with E-state index in [1.54, 1.807) is 17.9 Å². The van der Waals surface area contributed by atoms with Crippen molar-refractivity contribution in [3.8, 4) is 0 Å². The van der Waals surface area contributed by atoms with Gasteiger partial charge in [0.25, 0.3) is 0 Å². The van der Waals surface area contributed by atoms with Gasteiger partial charge in [-0.05, 0) is 42.5 Å². The molecule has 0 atom stereocenters. The van der Waals surface area contributed by atoms with Crippen molar-refractivity contribution in [3.63, 3.8) is 0 Å². The number of ether oxygens (including phenoxy) is 1. The van der Waals surface area contributed by atoms with Gasteiger partial charge in [-0.3, -0.25) is 4.57 Å². The van der Waals surface area contributed by atoms with E-state index in [4.69, 9.17) is 4.74 Å². The van der Waals surface area contributed by atoms with Gasteiger partial charge in [-0.1, -0.05) is 25.7 Å². The molecule has 0 amide bonds. The van der Waals surface area contributed by atoms with Gasteiger partial charge in [0.05, 0.1) is 24.1 Å². The van der Waals surface area contributed by atoms with Gasteiger partial charge in [0.1, 0.15) is 12.5 Å². The molecule has 2 heterocycles. The Morgan fingerprint density at radius 3 is 2.77 bits per heavy atom. The summed E-state index contributed by atoms with van der Waals surface area (Å²) in [5.41, 5.74) is 2.76. The maximum atomic E-state index is 12.8. The topological polar surface area (TPSA) is 74.0 Å². The van der Waals surface area contributed by atoms with Crippen molar-refractivity contribution in [1.29, 1.82) is 0 Å². The molecule has 1 N–H and O–H groups in total. The predicted octanol–water partition coefficient (Wildman–Crippen LogP) is 3.87. The van der Waals surface area contributed by atoms with Crippen LogP contribution in [0.25, 0.3) is 10.9 Å². The Labute approximate surface area is 178 Å². The van der Waals surface area contributed by atoms with E-state index in [0.717, 1.165) is 29.2 Å². The van der Waals surface area contributed by atoms with E-state index in [0.29, 0.717) is 25.0 Å². The highest BCUT2D eigenvalue weighted by molar-refractivity contribution is 6.76. The lowest BCUT2D eigenvalue weighted by atomic mass is 10.1. The number of hydrogen-bond acceptors (Lipinski definition) is 5. The Balaban J connectivity index is 1.55. The van der Waals surface area contributed by atoms with Crippen LogP contribution < -0.4 is 11.0 Å². The molecule has 1 aliphatic carbocycles. The summed E-state index contributed by atoms with van der Waals surface area (Å²) in [4.78, 5) is 21.5. The van der Waals surface area contributed by atoms with E-state index < -0.39 is 8.07 Å². The van der Waals surface area contributed by atoms with Crippen LogP contribution in [-0.4, -0.2) is 40.8 Å². The van der Waals surface area contributed by atoms with E-state index in [-0.39, 0.29) is 5.69 Å². The largest absolute Gasteiger partial charge is 0.372 e. The lowest BCUT2D eigenvalue weighted by molar-refractivity contribution is 0.0871. The summed E-state index contributed by atoms with van der Waals surface area (Å²) >= 11 is 0. The molecule has 0 aliphatic heterocycles. The third-order valence-corrected chi connectivity index (χ3v) is 7.24. The second kappa shape index (κ2) is 8.35. The second-order valence-electron chi connectivity index (χ2n) is 9.36. The highest BCUT2D eigenvalue weighted by Gasteiger charge is 2.24. The fourth-order valence-corrected chi connectivity index (χ4v) is 4.33. The van der Waals surface area contributed by atoms with Crippen molar-refractivity contribution >= 4 is 24.8 Å². The van der Waals surface area contributed by atoms with Gasteiger partial charge in [0.2, 0.25) is 0 Å². The molecule has 0 saturated heterocycles. The highest BCUT2D eigenvalue weighted by Crippen LogP contribution is 2.41. The van der Waals surface area contributed by atoms with Crippen LogP contribution in [0.2, 0.25) is 25.7 Å². The number of nitrogens with one attached hydrogen (secondary N) is 1. The molecule has 3 aromatic rings. The van der Waals surface area contributed by atoms with Crippen LogP contribution in [0, 0.1) is 0 Å². The normalized spacial score (nSPS) is 14.4. The molecule has 0 unspecified atom stereocenters. The lowest BCUT2D eigenvalue weighted by Crippen LogP contribution is -2.25. The Hall–Kier alpha value is -2.45. The summed E-state index contributed by atoms with van der Waals surface area (Å²) in [6.07, 6.45) is 6.16.